The summed E-state index contributed by atoms with van der Waals surface area (Å²) in [4.78, 5) is 26.0. The fourth-order valence-electron chi connectivity index (χ4n) is 2.78. The Balaban J connectivity index is 2.15. The Labute approximate surface area is 172 Å². The van der Waals surface area contributed by atoms with Gasteiger partial charge in [0.2, 0.25) is 15.9 Å². The van der Waals surface area contributed by atoms with Crippen LogP contribution in [0, 0.1) is 6.92 Å². The second-order valence-electron chi connectivity index (χ2n) is 7.22. The van der Waals surface area contributed by atoms with Crippen LogP contribution < -0.4 is 9.62 Å². The van der Waals surface area contributed by atoms with Crippen molar-refractivity contribution in [1.82, 2.24) is 10.2 Å². The van der Waals surface area contributed by atoms with Gasteiger partial charge in [-0.2, -0.15) is 0 Å². The number of benzene rings is 2. The van der Waals surface area contributed by atoms with E-state index in [-0.39, 0.29) is 18.5 Å². The number of carbonyl (C=O) groups is 2. The lowest BCUT2D eigenvalue weighted by molar-refractivity contribution is -0.120. The van der Waals surface area contributed by atoms with Crippen LogP contribution in [0.15, 0.2) is 48.5 Å². The van der Waals surface area contributed by atoms with Crippen molar-refractivity contribution >= 4 is 27.5 Å². The predicted octanol–water partition coefficient (Wildman–Crippen LogP) is 2.34. The molecule has 7 nitrogen and oxygen atoms in total. The van der Waals surface area contributed by atoms with Gasteiger partial charge in [-0.1, -0.05) is 29.8 Å². The van der Waals surface area contributed by atoms with Crippen molar-refractivity contribution in [2.24, 2.45) is 0 Å². The van der Waals surface area contributed by atoms with Gasteiger partial charge in [0, 0.05) is 19.7 Å². The molecule has 0 saturated carbocycles. The largest absolute Gasteiger partial charge is 0.348 e. The van der Waals surface area contributed by atoms with E-state index in [0.29, 0.717) is 11.3 Å². The minimum atomic E-state index is -3.69. The first kappa shape index (κ1) is 22.4. The third kappa shape index (κ3) is 6.05. The minimum Gasteiger partial charge on any atom is -0.348 e. The fraction of sp³-hybridized carbons (Fsp3) is 0.333. The first-order valence-electron chi connectivity index (χ1n) is 9.14. The number of hydrogen-bond acceptors (Lipinski definition) is 4. The molecule has 2 amide bonds. The van der Waals surface area contributed by atoms with Gasteiger partial charge in [0.25, 0.3) is 5.91 Å². The molecule has 0 bridgehead atoms. The number of sulfonamides is 1. The van der Waals surface area contributed by atoms with Crippen molar-refractivity contribution < 1.29 is 18.0 Å². The number of amides is 2. The summed E-state index contributed by atoms with van der Waals surface area (Å²) >= 11 is 0. The maximum Gasteiger partial charge on any atom is 0.253 e. The summed E-state index contributed by atoms with van der Waals surface area (Å²) in [7, 11) is -0.416. The van der Waals surface area contributed by atoms with E-state index in [2.05, 4.69) is 5.32 Å². The summed E-state index contributed by atoms with van der Waals surface area (Å²) in [5, 5.41) is 2.83. The molecule has 2 aromatic rings. The Morgan fingerprint density at radius 2 is 1.55 bits per heavy atom. The van der Waals surface area contributed by atoms with Crippen LogP contribution >= 0.6 is 0 Å². The summed E-state index contributed by atoms with van der Waals surface area (Å²) in [5.74, 6) is -0.607. The van der Waals surface area contributed by atoms with Gasteiger partial charge in [0.15, 0.2) is 0 Å². The highest BCUT2D eigenvalue weighted by Crippen LogP contribution is 2.19. The van der Waals surface area contributed by atoms with Crippen molar-refractivity contribution in [3.05, 3.63) is 65.2 Å². The topological polar surface area (TPSA) is 86.8 Å². The number of nitrogens with one attached hydrogen (secondary N) is 1. The van der Waals surface area contributed by atoms with E-state index >= 15 is 0 Å². The van der Waals surface area contributed by atoms with Gasteiger partial charge in [0.05, 0.1) is 18.0 Å². The second-order valence-corrected chi connectivity index (χ2v) is 9.12. The number of aryl methyl sites for hydroxylation is 1. The van der Waals surface area contributed by atoms with Gasteiger partial charge in [-0.25, -0.2) is 8.42 Å². The molecule has 0 aliphatic carbocycles. The molecule has 1 atom stereocenters. The Hall–Kier alpha value is -2.87. The van der Waals surface area contributed by atoms with Crippen LogP contribution in [-0.4, -0.2) is 52.0 Å². The van der Waals surface area contributed by atoms with E-state index in [1.165, 1.54) is 17.0 Å². The lowest BCUT2D eigenvalue weighted by atomic mass is 10.1. The highest BCUT2D eigenvalue weighted by atomic mass is 32.2. The van der Waals surface area contributed by atoms with E-state index in [1.54, 1.807) is 26.2 Å². The monoisotopic (exact) mass is 417 g/mol. The molecule has 0 heterocycles. The van der Waals surface area contributed by atoms with Crippen LogP contribution in [0.25, 0.3) is 0 Å². The normalized spacial score (nSPS) is 12.2. The molecule has 0 radical (unpaired) electrons. The summed E-state index contributed by atoms with van der Waals surface area (Å²) in [6.07, 6.45) is 1.04. The lowest BCUT2D eigenvalue weighted by Crippen LogP contribution is -2.41. The Kier molecular flexibility index (Phi) is 7.02. The zero-order valence-electron chi connectivity index (χ0n) is 17.3. The number of rotatable bonds is 7. The Morgan fingerprint density at radius 3 is 2.03 bits per heavy atom. The molecular weight excluding hydrogens is 390 g/mol. The Bertz CT molecular complexity index is 968. The standard InChI is InChI=1S/C21H27N3O4S/c1-15-6-8-17(9-7-15)16(2)22-20(25)14-24(29(5,27)28)19-12-10-18(11-13-19)21(26)23(3)4/h6-13,16H,14H2,1-5H3,(H,22,25). The molecule has 0 aromatic heterocycles. The van der Waals surface area contributed by atoms with Crippen molar-refractivity contribution in [3.63, 3.8) is 0 Å². The zero-order valence-corrected chi connectivity index (χ0v) is 18.2. The van der Waals surface area contributed by atoms with Gasteiger partial charge in [-0.15, -0.1) is 0 Å². The highest BCUT2D eigenvalue weighted by Gasteiger charge is 2.22. The fourth-order valence-corrected chi connectivity index (χ4v) is 3.64. The second kappa shape index (κ2) is 9.09. The van der Waals surface area contributed by atoms with Crippen LogP contribution in [-0.2, 0) is 14.8 Å². The molecule has 0 spiro atoms. The smallest absolute Gasteiger partial charge is 0.253 e. The number of nitrogens with zero attached hydrogens (tertiary/aromatic N) is 2. The predicted molar refractivity (Wildman–Crippen MR) is 114 cm³/mol. The van der Waals surface area contributed by atoms with Crippen LogP contribution in [0.2, 0.25) is 0 Å². The number of hydrogen-bond donors (Lipinski definition) is 1. The van der Waals surface area contributed by atoms with Crippen molar-refractivity contribution in [3.8, 4) is 0 Å². The van der Waals surface area contributed by atoms with E-state index in [9.17, 15) is 18.0 Å². The molecular formula is C21H27N3O4S. The van der Waals surface area contributed by atoms with Gasteiger partial charge < -0.3 is 10.2 Å². The quantitative estimate of drug-likeness (QED) is 0.749. The van der Waals surface area contributed by atoms with Gasteiger partial charge in [-0.05, 0) is 43.7 Å². The summed E-state index contributed by atoms with van der Waals surface area (Å²) in [5.41, 5.74) is 2.80. The highest BCUT2D eigenvalue weighted by molar-refractivity contribution is 7.92. The first-order chi connectivity index (χ1) is 13.5. The molecule has 0 fully saturated rings. The van der Waals surface area contributed by atoms with E-state index in [0.717, 1.165) is 21.7 Å². The molecule has 29 heavy (non-hydrogen) atoms. The minimum absolute atomic E-state index is 0.188. The van der Waals surface area contributed by atoms with Crippen molar-refractivity contribution in [2.75, 3.05) is 31.2 Å². The maximum absolute atomic E-state index is 12.5. The summed E-state index contributed by atoms with van der Waals surface area (Å²) in [6, 6.07) is 13.6. The molecule has 8 heteroatoms. The average Bonchev–Trinajstić information content (AvgIpc) is 2.65. The molecule has 0 aliphatic rings. The van der Waals surface area contributed by atoms with Crippen molar-refractivity contribution in [1.29, 1.82) is 0 Å². The zero-order chi connectivity index (χ0) is 21.8. The molecule has 1 unspecified atom stereocenters. The summed E-state index contributed by atoms with van der Waals surface area (Å²) in [6.45, 7) is 3.47. The average molecular weight is 418 g/mol. The molecule has 0 saturated heterocycles. The molecule has 2 rings (SSSR count). The summed E-state index contributed by atoms with van der Waals surface area (Å²) < 4.78 is 25.5. The van der Waals surface area contributed by atoms with E-state index in [1.807, 2.05) is 38.1 Å². The number of carbonyl (C=O) groups excluding carboxylic acids is 2. The van der Waals surface area contributed by atoms with E-state index < -0.39 is 15.9 Å². The molecule has 0 aliphatic heterocycles. The van der Waals surface area contributed by atoms with Crippen LogP contribution in [0.3, 0.4) is 0 Å². The van der Waals surface area contributed by atoms with Crippen LogP contribution in [0.5, 0.6) is 0 Å². The van der Waals surface area contributed by atoms with Gasteiger partial charge >= 0.3 is 0 Å². The molecule has 2 aromatic carbocycles. The maximum atomic E-state index is 12.5. The third-order valence-electron chi connectivity index (χ3n) is 4.45. The Morgan fingerprint density at radius 1 is 1.00 bits per heavy atom. The van der Waals surface area contributed by atoms with Gasteiger partial charge in [-0.3, -0.25) is 13.9 Å². The molecule has 1 N–H and O–H groups in total. The van der Waals surface area contributed by atoms with Gasteiger partial charge in [0.1, 0.15) is 6.54 Å². The van der Waals surface area contributed by atoms with Crippen LogP contribution in [0.1, 0.15) is 34.5 Å². The lowest BCUT2D eigenvalue weighted by Gasteiger charge is -2.23. The SMILES string of the molecule is Cc1ccc(C(C)NC(=O)CN(c2ccc(C(=O)N(C)C)cc2)S(C)(=O)=O)cc1. The van der Waals surface area contributed by atoms with Crippen LogP contribution in [0.4, 0.5) is 5.69 Å². The van der Waals surface area contributed by atoms with E-state index in [4.69, 9.17) is 0 Å². The third-order valence-corrected chi connectivity index (χ3v) is 5.59. The first-order valence-corrected chi connectivity index (χ1v) is 11.0. The number of anilines is 1. The van der Waals surface area contributed by atoms with Crippen molar-refractivity contribution in [2.45, 2.75) is 19.9 Å². The molecule has 156 valence electrons.